The molecule has 5 heteroatoms. The molecule has 0 amide bonds. The van der Waals surface area contributed by atoms with E-state index in [-0.39, 0.29) is 0 Å². The molecule has 1 aromatic rings. The average Bonchev–Trinajstić information content (AvgIpc) is 2.52. The molecule has 5 nitrogen and oxygen atoms in total. The highest BCUT2D eigenvalue weighted by Gasteiger charge is 2.25. The van der Waals surface area contributed by atoms with Gasteiger partial charge in [-0.05, 0) is 47.0 Å². The van der Waals surface area contributed by atoms with E-state index in [4.69, 9.17) is 9.47 Å². The second kappa shape index (κ2) is 6.29. The minimum absolute atomic E-state index is 0.315. The van der Waals surface area contributed by atoms with Crippen LogP contribution >= 0.6 is 0 Å². The highest BCUT2D eigenvalue weighted by Crippen LogP contribution is 2.22. The third-order valence-corrected chi connectivity index (χ3v) is 2.63. The zero-order valence-electron chi connectivity index (χ0n) is 13.6. The summed E-state index contributed by atoms with van der Waals surface area (Å²) in [5.74, 6) is 0.463. The van der Waals surface area contributed by atoms with E-state index in [1.54, 1.807) is 0 Å². The number of hydrogen-bond acceptors (Lipinski definition) is 4. The molecule has 0 saturated heterocycles. The molecule has 0 fully saturated rings. The SMILES string of the molecule is CCOc1nc(CC(C)C)c(C)n1C(=O)OC(C)(C)C. The lowest BCUT2D eigenvalue weighted by Gasteiger charge is -2.20. The van der Waals surface area contributed by atoms with Crippen LogP contribution in [0.1, 0.15) is 52.9 Å². The number of aromatic nitrogens is 2. The van der Waals surface area contributed by atoms with Gasteiger partial charge in [-0.2, -0.15) is 4.98 Å². The fourth-order valence-corrected chi connectivity index (χ4v) is 1.85. The summed E-state index contributed by atoms with van der Waals surface area (Å²) in [6, 6.07) is 0.315. The van der Waals surface area contributed by atoms with Gasteiger partial charge in [0.1, 0.15) is 5.60 Å². The Morgan fingerprint density at radius 1 is 1.35 bits per heavy atom. The van der Waals surface area contributed by atoms with E-state index in [2.05, 4.69) is 18.8 Å². The molecule has 0 bridgehead atoms. The van der Waals surface area contributed by atoms with Crippen LogP contribution in [0.2, 0.25) is 0 Å². The van der Waals surface area contributed by atoms with Gasteiger partial charge in [0.05, 0.1) is 18.0 Å². The number of carbonyl (C=O) groups is 1. The summed E-state index contributed by atoms with van der Waals surface area (Å²) in [6.45, 7) is 14.0. The Kier molecular flexibility index (Phi) is 5.20. The lowest BCUT2D eigenvalue weighted by molar-refractivity contribution is 0.0516. The van der Waals surface area contributed by atoms with Crippen LogP contribution in [-0.4, -0.2) is 27.9 Å². The van der Waals surface area contributed by atoms with Crippen LogP contribution in [0.3, 0.4) is 0 Å². The van der Waals surface area contributed by atoms with Gasteiger partial charge in [-0.25, -0.2) is 9.36 Å². The van der Waals surface area contributed by atoms with Gasteiger partial charge < -0.3 is 9.47 Å². The second-order valence-corrected chi connectivity index (χ2v) is 6.27. The number of hydrogen-bond donors (Lipinski definition) is 0. The van der Waals surface area contributed by atoms with Crippen molar-refractivity contribution in [1.29, 1.82) is 0 Å². The maximum atomic E-state index is 12.3. The predicted octanol–water partition coefficient (Wildman–Crippen LogP) is 3.57. The van der Waals surface area contributed by atoms with Gasteiger partial charge in [-0.1, -0.05) is 13.8 Å². The minimum atomic E-state index is -0.546. The van der Waals surface area contributed by atoms with Crippen LogP contribution in [0.15, 0.2) is 0 Å². The molecule has 0 aromatic carbocycles. The molecule has 0 atom stereocenters. The van der Waals surface area contributed by atoms with E-state index >= 15 is 0 Å². The molecule has 0 saturated carbocycles. The first kappa shape index (κ1) is 16.5. The van der Waals surface area contributed by atoms with E-state index in [1.165, 1.54) is 4.57 Å². The lowest BCUT2D eigenvalue weighted by Crippen LogP contribution is -2.28. The second-order valence-electron chi connectivity index (χ2n) is 6.27. The highest BCUT2D eigenvalue weighted by molar-refractivity contribution is 5.73. The normalized spacial score (nSPS) is 11.8. The van der Waals surface area contributed by atoms with Gasteiger partial charge in [-0.15, -0.1) is 0 Å². The first-order valence-electron chi connectivity index (χ1n) is 7.10. The Bertz CT molecular complexity index is 470. The van der Waals surface area contributed by atoms with Crippen LogP contribution in [0, 0.1) is 12.8 Å². The fraction of sp³-hybridized carbons (Fsp3) is 0.733. The predicted molar refractivity (Wildman–Crippen MR) is 78.3 cm³/mol. The van der Waals surface area contributed by atoms with Crippen molar-refractivity contribution >= 4 is 6.09 Å². The number of nitrogens with zero attached hydrogens (tertiary/aromatic N) is 2. The Hall–Kier alpha value is -1.52. The number of carbonyl (C=O) groups excluding carboxylic acids is 1. The summed E-state index contributed by atoms with van der Waals surface area (Å²) >= 11 is 0. The van der Waals surface area contributed by atoms with E-state index in [1.807, 2.05) is 34.6 Å². The van der Waals surface area contributed by atoms with Crippen LogP contribution in [0.25, 0.3) is 0 Å². The maximum Gasteiger partial charge on any atom is 0.422 e. The van der Waals surface area contributed by atoms with Gasteiger partial charge in [0.15, 0.2) is 0 Å². The van der Waals surface area contributed by atoms with Crippen molar-refractivity contribution in [3.8, 4) is 6.01 Å². The number of imidazole rings is 1. The molecule has 0 aliphatic carbocycles. The molecule has 0 aliphatic heterocycles. The zero-order valence-corrected chi connectivity index (χ0v) is 13.6. The maximum absolute atomic E-state index is 12.3. The van der Waals surface area contributed by atoms with E-state index in [0.29, 0.717) is 18.5 Å². The van der Waals surface area contributed by atoms with Crippen LogP contribution in [0.5, 0.6) is 6.01 Å². The first-order valence-corrected chi connectivity index (χ1v) is 7.10. The molecule has 0 unspecified atom stereocenters. The molecule has 1 aromatic heterocycles. The Morgan fingerprint density at radius 3 is 2.40 bits per heavy atom. The largest absolute Gasteiger partial charge is 0.465 e. The topological polar surface area (TPSA) is 53.4 Å². The zero-order chi connectivity index (χ0) is 15.5. The summed E-state index contributed by atoms with van der Waals surface area (Å²) in [7, 11) is 0. The quantitative estimate of drug-likeness (QED) is 0.847. The van der Waals surface area contributed by atoms with Gasteiger partial charge in [0.2, 0.25) is 0 Å². The Labute approximate surface area is 121 Å². The highest BCUT2D eigenvalue weighted by atomic mass is 16.6. The number of rotatable bonds is 4. The fourth-order valence-electron chi connectivity index (χ4n) is 1.85. The molecule has 1 heterocycles. The minimum Gasteiger partial charge on any atom is -0.465 e. The summed E-state index contributed by atoms with van der Waals surface area (Å²) in [5, 5.41) is 0. The molecular formula is C15H26N2O3. The third-order valence-electron chi connectivity index (χ3n) is 2.63. The van der Waals surface area contributed by atoms with Crippen LogP contribution in [0.4, 0.5) is 4.79 Å². The molecule has 0 N–H and O–H groups in total. The smallest absolute Gasteiger partial charge is 0.422 e. The van der Waals surface area contributed by atoms with E-state index in [9.17, 15) is 4.79 Å². The van der Waals surface area contributed by atoms with Crippen molar-refractivity contribution in [1.82, 2.24) is 9.55 Å². The molecule has 0 aliphatic rings. The first-order chi connectivity index (χ1) is 9.15. The summed E-state index contributed by atoms with van der Waals surface area (Å²) in [5.41, 5.74) is 1.13. The van der Waals surface area contributed by atoms with E-state index < -0.39 is 11.7 Å². The molecule has 0 spiro atoms. The van der Waals surface area contributed by atoms with Gasteiger partial charge in [-0.3, -0.25) is 0 Å². The Balaban J connectivity index is 3.15. The Morgan fingerprint density at radius 2 is 1.95 bits per heavy atom. The third kappa shape index (κ3) is 4.25. The van der Waals surface area contributed by atoms with Crippen LogP contribution in [-0.2, 0) is 11.2 Å². The lowest BCUT2D eigenvalue weighted by atomic mass is 10.1. The van der Waals surface area contributed by atoms with Gasteiger partial charge >= 0.3 is 12.1 Å². The molecule has 1 rings (SSSR count). The van der Waals surface area contributed by atoms with Crippen molar-refractivity contribution in [2.75, 3.05) is 6.61 Å². The molecular weight excluding hydrogens is 256 g/mol. The average molecular weight is 282 g/mol. The summed E-state index contributed by atoms with van der Waals surface area (Å²) in [4.78, 5) is 16.7. The van der Waals surface area contributed by atoms with Crippen LogP contribution < -0.4 is 4.74 Å². The summed E-state index contributed by atoms with van der Waals surface area (Å²) < 4.78 is 12.3. The monoisotopic (exact) mass is 282 g/mol. The molecule has 20 heavy (non-hydrogen) atoms. The summed E-state index contributed by atoms with van der Waals surface area (Å²) in [6.07, 6.45) is 0.364. The van der Waals surface area contributed by atoms with Crippen molar-refractivity contribution in [2.45, 2.75) is 60.5 Å². The van der Waals surface area contributed by atoms with Crippen molar-refractivity contribution in [3.05, 3.63) is 11.4 Å². The standard InChI is InChI=1S/C15H26N2O3/c1-8-19-13-16-12(9-10(2)3)11(4)17(13)14(18)20-15(5,6)7/h10H,8-9H2,1-7H3. The van der Waals surface area contributed by atoms with Crippen molar-refractivity contribution < 1.29 is 14.3 Å². The molecule has 0 radical (unpaired) electrons. The number of ether oxygens (including phenoxy) is 2. The van der Waals surface area contributed by atoms with Gasteiger partial charge in [0.25, 0.3) is 0 Å². The van der Waals surface area contributed by atoms with Crippen molar-refractivity contribution in [2.24, 2.45) is 5.92 Å². The van der Waals surface area contributed by atoms with Crippen molar-refractivity contribution in [3.63, 3.8) is 0 Å². The van der Waals surface area contributed by atoms with Gasteiger partial charge in [0, 0.05) is 0 Å². The van der Waals surface area contributed by atoms with E-state index in [0.717, 1.165) is 17.8 Å². The molecule has 114 valence electrons.